The lowest BCUT2D eigenvalue weighted by Crippen LogP contribution is -2.62. The van der Waals surface area contributed by atoms with Crippen LogP contribution in [0.3, 0.4) is 0 Å². The Hall–Kier alpha value is 0.340. The predicted molar refractivity (Wildman–Crippen MR) is 138 cm³/mol. The zero-order valence-corrected chi connectivity index (χ0v) is 23.6. The van der Waals surface area contributed by atoms with Crippen molar-refractivity contribution in [3.05, 3.63) is 0 Å². The van der Waals surface area contributed by atoms with Gasteiger partial charge in [0.25, 0.3) is 0 Å². The molecular weight excluding hydrogens is 503 g/mol. The first kappa shape index (κ1) is 32.4. The maximum absolute atomic E-state index is 12.6. The summed E-state index contributed by atoms with van der Waals surface area (Å²) in [5.41, 5.74) is 0. The number of carbonyl (C=O) groups excluding carboxylic acids is 1. The highest BCUT2D eigenvalue weighted by atomic mass is 35.6. The van der Waals surface area contributed by atoms with Gasteiger partial charge in [-0.2, -0.15) is 0 Å². The summed E-state index contributed by atoms with van der Waals surface area (Å²) in [6.07, 6.45) is 5.29. The number of carbonyl (C=O) groups is 1. The third-order valence-electron chi connectivity index (χ3n) is 5.78. The maximum Gasteiger partial charge on any atom is 0.248 e. The molecule has 1 heterocycles. The first-order valence-electron chi connectivity index (χ1n) is 13.0. The van der Waals surface area contributed by atoms with Gasteiger partial charge < -0.3 is 23.7 Å². The minimum absolute atomic E-state index is 0.0892. The summed E-state index contributed by atoms with van der Waals surface area (Å²) >= 11 is 17.7. The zero-order chi connectivity index (χ0) is 25.4. The molecule has 0 aliphatic carbocycles. The fourth-order valence-corrected chi connectivity index (χ4v) is 3.95. The molecule has 0 amide bonds. The van der Waals surface area contributed by atoms with Crippen molar-refractivity contribution in [2.75, 3.05) is 33.0 Å². The molecule has 0 aromatic carbocycles. The normalized spacial score (nSPS) is 25.6. The second kappa shape index (κ2) is 18.6. The molecule has 0 aromatic rings. The highest BCUT2D eigenvalue weighted by Crippen LogP contribution is 2.35. The van der Waals surface area contributed by atoms with Crippen molar-refractivity contribution in [3.8, 4) is 0 Å². The molecule has 9 heteroatoms. The van der Waals surface area contributed by atoms with E-state index in [9.17, 15) is 4.79 Å². The van der Waals surface area contributed by atoms with Gasteiger partial charge >= 0.3 is 0 Å². The number of unbranched alkanes of at least 4 members (excludes halogenated alkanes) is 4. The minimum atomic E-state index is -2.02. The van der Waals surface area contributed by atoms with Gasteiger partial charge in [0.1, 0.15) is 24.4 Å². The van der Waals surface area contributed by atoms with Crippen molar-refractivity contribution in [3.63, 3.8) is 0 Å². The number of Topliss-reactive ketones (excluding diaryl/α,β-unsaturated/α-hetero) is 1. The molecule has 34 heavy (non-hydrogen) atoms. The second-order valence-electron chi connectivity index (χ2n) is 8.83. The maximum atomic E-state index is 12.6. The molecule has 0 saturated carbocycles. The van der Waals surface area contributed by atoms with Crippen molar-refractivity contribution < 1.29 is 28.5 Å². The van der Waals surface area contributed by atoms with Crippen LogP contribution in [0.5, 0.6) is 0 Å². The molecular formula is C25H45Cl3O6. The van der Waals surface area contributed by atoms with E-state index in [-0.39, 0.29) is 12.5 Å². The standard InChI is InChI=1S/C25H45Cl3O6/c1-5-9-13-30-18-20-23(32-15-11-7-3)24(33-16-12-8-4)22(31-14-10-6-2)19(34-20)17-21(29)25(26,27)28/h19-20,22-24H,5-18H2,1-4H3/t19?,20?,22-,23?,24?/m1/s1. The first-order chi connectivity index (χ1) is 16.3. The summed E-state index contributed by atoms with van der Waals surface area (Å²) in [6, 6.07) is 0. The van der Waals surface area contributed by atoms with E-state index in [1.165, 1.54) is 0 Å². The van der Waals surface area contributed by atoms with Gasteiger partial charge in [-0.1, -0.05) is 88.2 Å². The molecule has 1 fully saturated rings. The van der Waals surface area contributed by atoms with Gasteiger partial charge in [-0.25, -0.2) is 0 Å². The molecule has 4 unspecified atom stereocenters. The Balaban J connectivity index is 3.19. The molecule has 6 nitrogen and oxygen atoms in total. The zero-order valence-electron chi connectivity index (χ0n) is 21.4. The van der Waals surface area contributed by atoms with E-state index in [0.717, 1.165) is 51.4 Å². The Labute approximate surface area is 221 Å². The molecule has 0 aromatic heterocycles. The molecule has 1 saturated heterocycles. The molecule has 1 aliphatic rings. The molecule has 1 rings (SSSR count). The molecule has 202 valence electrons. The summed E-state index contributed by atoms with van der Waals surface area (Å²) in [4.78, 5) is 12.6. The summed E-state index contributed by atoms with van der Waals surface area (Å²) < 4.78 is 29.3. The summed E-state index contributed by atoms with van der Waals surface area (Å²) in [5, 5.41) is 0. The van der Waals surface area contributed by atoms with Gasteiger partial charge in [-0.05, 0) is 25.7 Å². The second-order valence-corrected chi connectivity index (χ2v) is 11.1. The van der Waals surface area contributed by atoms with Crippen LogP contribution in [0.1, 0.15) is 85.5 Å². The number of alkyl halides is 3. The average molecular weight is 548 g/mol. The van der Waals surface area contributed by atoms with Gasteiger partial charge in [-0.3, -0.25) is 4.79 Å². The summed E-state index contributed by atoms with van der Waals surface area (Å²) in [5.74, 6) is -0.532. The predicted octanol–water partition coefficient (Wildman–Crippen LogP) is 6.46. The van der Waals surface area contributed by atoms with Crippen LogP contribution in [0.2, 0.25) is 0 Å². The summed E-state index contributed by atoms with van der Waals surface area (Å²) in [6.45, 7) is 11.1. The quantitative estimate of drug-likeness (QED) is 0.137. The average Bonchev–Trinajstić information content (AvgIpc) is 2.79. The lowest BCUT2D eigenvalue weighted by atomic mass is 9.91. The van der Waals surface area contributed by atoms with Crippen LogP contribution in [0, 0.1) is 0 Å². The highest BCUT2D eigenvalue weighted by molar-refractivity contribution is 6.76. The largest absolute Gasteiger partial charge is 0.379 e. The van der Waals surface area contributed by atoms with Crippen LogP contribution in [0.25, 0.3) is 0 Å². The fourth-order valence-electron chi connectivity index (χ4n) is 3.72. The van der Waals surface area contributed by atoms with Crippen molar-refractivity contribution >= 4 is 40.6 Å². The van der Waals surface area contributed by atoms with Crippen LogP contribution < -0.4 is 0 Å². The number of halogens is 3. The van der Waals surface area contributed by atoms with E-state index in [4.69, 9.17) is 58.5 Å². The molecule has 5 atom stereocenters. The van der Waals surface area contributed by atoms with E-state index < -0.39 is 34.0 Å². The van der Waals surface area contributed by atoms with Crippen molar-refractivity contribution in [1.29, 1.82) is 0 Å². The smallest absolute Gasteiger partial charge is 0.248 e. The van der Waals surface area contributed by atoms with E-state index in [0.29, 0.717) is 33.0 Å². The van der Waals surface area contributed by atoms with E-state index in [2.05, 4.69) is 27.7 Å². The van der Waals surface area contributed by atoms with Gasteiger partial charge in [0.2, 0.25) is 3.79 Å². The minimum Gasteiger partial charge on any atom is -0.379 e. The van der Waals surface area contributed by atoms with E-state index >= 15 is 0 Å². The van der Waals surface area contributed by atoms with Gasteiger partial charge in [-0.15, -0.1) is 0 Å². The number of hydrogen-bond donors (Lipinski definition) is 0. The van der Waals surface area contributed by atoms with E-state index in [1.54, 1.807) is 0 Å². The molecule has 0 bridgehead atoms. The first-order valence-corrected chi connectivity index (χ1v) is 14.1. The Bertz CT molecular complexity index is 531. The molecule has 0 spiro atoms. The number of hydrogen-bond acceptors (Lipinski definition) is 6. The van der Waals surface area contributed by atoms with Crippen molar-refractivity contribution in [2.24, 2.45) is 0 Å². The summed E-state index contributed by atoms with van der Waals surface area (Å²) in [7, 11) is 0. The third kappa shape index (κ3) is 12.1. The Morgan fingerprint density at radius 3 is 1.62 bits per heavy atom. The van der Waals surface area contributed by atoms with Crippen LogP contribution in [-0.4, -0.2) is 73.1 Å². The van der Waals surface area contributed by atoms with Crippen LogP contribution in [0.15, 0.2) is 0 Å². The van der Waals surface area contributed by atoms with E-state index in [1.807, 2.05) is 0 Å². The highest BCUT2D eigenvalue weighted by Gasteiger charge is 2.49. The Morgan fingerprint density at radius 2 is 1.15 bits per heavy atom. The van der Waals surface area contributed by atoms with Crippen LogP contribution in [-0.2, 0) is 28.5 Å². The van der Waals surface area contributed by atoms with Gasteiger partial charge in [0.15, 0.2) is 5.78 Å². The number of rotatable bonds is 19. The van der Waals surface area contributed by atoms with Crippen LogP contribution >= 0.6 is 34.8 Å². The monoisotopic (exact) mass is 546 g/mol. The van der Waals surface area contributed by atoms with Gasteiger partial charge in [0, 0.05) is 32.8 Å². The molecule has 1 aliphatic heterocycles. The molecule has 0 N–H and O–H groups in total. The lowest BCUT2D eigenvalue weighted by Gasteiger charge is -2.46. The third-order valence-corrected chi connectivity index (χ3v) is 6.41. The number of ketones is 1. The van der Waals surface area contributed by atoms with Crippen molar-refractivity contribution in [2.45, 2.75) is 120 Å². The lowest BCUT2D eigenvalue weighted by molar-refractivity contribution is -0.265. The van der Waals surface area contributed by atoms with Crippen molar-refractivity contribution in [1.82, 2.24) is 0 Å². The van der Waals surface area contributed by atoms with Gasteiger partial charge in [0.05, 0.1) is 12.7 Å². The Morgan fingerprint density at radius 1 is 0.706 bits per heavy atom. The molecule has 0 radical (unpaired) electrons. The van der Waals surface area contributed by atoms with Crippen LogP contribution in [0.4, 0.5) is 0 Å². The number of ether oxygens (including phenoxy) is 5. The Kier molecular flexibility index (Phi) is 17.7. The fraction of sp³-hybridized carbons (Fsp3) is 0.960. The topological polar surface area (TPSA) is 63.2 Å². The SMILES string of the molecule is CCCCOCC1OC(CC(=O)C(Cl)(Cl)Cl)[C@@H](OCCCC)C(OCCCC)C1OCCCC.